The molecule has 0 radical (unpaired) electrons. The van der Waals surface area contributed by atoms with Gasteiger partial charge in [0, 0.05) is 0 Å². The summed E-state index contributed by atoms with van der Waals surface area (Å²) in [5.41, 5.74) is 3.23. The molecular formula is C23H38N2Se. The number of benzene rings is 1. The summed E-state index contributed by atoms with van der Waals surface area (Å²) < 4.78 is 6.28. The van der Waals surface area contributed by atoms with Gasteiger partial charge in [-0.15, -0.1) is 0 Å². The van der Waals surface area contributed by atoms with Crippen molar-refractivity contribution in [1.29, 1.82) is 0 Å². The maximum atomic E-state index is 3.44. The second-order valence-electron chi connectivity index (χ2n) is 11.5. The Kier molecular flexibility index (Phi) is 5.52. The van der Waals surface area contributed by atoms with E-state index in [1.165, 1.54) is 15.4 Å². The van der Waals surface area contributed by atoms with Gasteiger partial charge in [0.1, 0.15) is 0 Å². The Morgan fingerprint density at radius 3 is 1.23 bits per heavy atom. The number of fused-ring (bicyclic) bond motifs is 1. The van der Waals surface area contributed by atoms with Gasteiger partial charge in [0.25, 0.3) is 0 Å². The summed E-state index contributed by atoms with van der Waals surface area (Å²) in [5, 5.41) is 0. The normalized spacial score (nSPS) is 14.2. The fraction of sp³-hybridized carbons (Fsp3) is 0.696. The molecule has 3 heteroatoms. The van der Waals surface area contributed by atoms with Crippen LogP contribution < -0.4 is 0 Å². The number of rotatable bonds is 4. The standard InChI is InChI=1S/C23H38N2Se/c1-20(2,3)15-22(7,8)24-17-13-11-12-14-18(17)25(19(24)26)23(9,10)16-21(4,5)6/h11-14H,15-16H2,1-10H3. The first-order valence-corrected chi connectivity index (χ1v) is 10.6. The third-order valence-corrected chi connectivity index (χ3v) is 5.65. The fourth-order valence-corrected chi connectivity index (χ4v) is 6.52. The average molecular weight is 422 g/mol. The number of hydrogen-bond donors (Lipinski definition) is 0. The Morgan fingerprint density at radius 2 is 0.962 bits per heavy atom. The van der Waals surface area contributed by atoms with Gasteiger partial charge in [0.15, 0.2) is 0 Å². The van der Waals surface area contributed by atoms with Gasteiger partial charge in [0.2, 0.25) is 0 Å². The van der Waals surface area contributed by atoms with Crippen molar-refractivity contribution in [1.82, 2.24) is 9.13 Å². The van der Waals surface area contributed by atoms with Crippen molar-refractivity contribution in [3.63, 3.8) is 0 Å². The topological polar surface area (TPSA) is 9.86 Å². The van der Waals surface area contributed by atoms with Crippen LogP contribution in [0.2, 0.25) is 0 Å². The summed E-state index contributed by atoms with van der Waals surface area (Å²) in [4.78, 5) is 0. The molecule has 0 spiro atoms. The van der Waals surface area contributed by atoms with Crippen molar-refractivity contribution in [2.75, 3.05) is 0 Å². The summed E-state index contributed by atoms with van der Waals surface area (Å²) in [7, 11) is 0. The van der Waals surface area contributed by atoms with E-state index in [1.54, 1.807) is 0 Å². The fourth-order valence-electron chi connectivity index (χ4n) is 5.07. The van der Waals surface area contributed by atoms with Crippen LogP contribution in [0, 0.1) is 15.2 Å². The summed E-state index contributed by atoms with van der Waals surface area (Å²) in [5.74, 6) is 0. The minimum absolute atomic E-state index is 0.0293. The molecule has 2 aromatic rings. The van der Waals surface area contributed by atoms with Crippen LogP contribution in [0.5, 0.6) is 0 Å². The molecule has 0 aliphatic carbocycles. The molecule has 0 saturated carbocycles. The molecule has 0 unspecified atom stereocenters. The monoisotopic (exact) mass is 422 g/mol. The quantitative estimate of drug-likeness (QED) is 0.500. The minimum atomic E-state index is 0.0293. The zero-order valence-corrected chi connectivity index (χ0v) is 20.2. The molecule has 146 valence electrons. The molecule has 0 aliphatic heterocycles. The van der Waals surface area contributed by atoms with E-state index >= 15 is 0 Å². The first-order chi connectivity index (χ1) is 11.6. The molecule has 0 bridgehead atoms. The van der Waals surface area contributed by atoms with Crippen molar-refractivity contribution in [3.05, 3.63) is 28.6 Å². The second kappa shape index (κ2) is 6.67. The molecule has 0 atom stereocenters. The van der Waals surface area contributed by atoms with Crippen molar-refractivity contribution in [3.8, 4) is 0 Å². The third-order valence-electron chi connectivity index (χ3n) is 4.88. The summed E-state index contributed by atoms with van der Waals surface area (Å²) in [6, 6.07) is 8.85. The third kappa shape index (κ3) is 4.54. The molecule has 26 heavy (non-hydrogen) atoms. The van der Waals surface area contributed by atoms with E-state index in [-0.39, 0.29) is 21.9 Å². The van der Waals surface area contributed by atoms with Crippen LogP contribution in [-0.4, -0.2) is 24.7 Å². The SMILES string of the molecule is CC(C)(C)CC(C)(C)n1c(=[Se])n(C(C)(C)CC(C)(C)C)c2ccccc21. The van der Waals surface area contributed by atoms with Gasteiger partial charge < -0.3 is 0 Å². The maximum absolute atomic E-state index is 3.44. The van der Waals surface area contributed by atoms with Gasteiger partial charge in [-0.1, -0.05) is 0 Å². The number of hydrogen-bond acceptors (Lipinski definition) is 0. The van der Waals surface area contributed by atoms with E-state index in [0.29, 0.717) is 0 Å². The van der Waals surface area contributed by atoms with Gasteiger partial charge >= 0.3 is 168 Å². The van der Waals surface area contributed by atoms with Crippen molar-refractivity contribution in [2.45, 2.75) is 93.2 Å². The van der Waals surface area contributed by atoms with Crippen LogP contribution in [-0.2, 0) is 11.1 Å². The summed E-state index contributed by atoms with van der Waals surface area (Å²) in [6.45, 7) is 23.5. The molecule has 0 fully saturated rings. The Hall–Kier alpha value is -0.791. The van der Waals surface area contributed by atoms with Crippen molar-refractivity contribution in [2.24, 2.45) is 10.8 Å². The predicted octanol–water partition coefficient (Wildman–Crippen LogP) is 6.49. The Morgan fingerprint density at radius 1 is 0.654 bits per heavy atom. The Balaban J connectivity index is 2.77. The van der Waals surface area contributed by atoms with Crippen LogP contribution in [0.1, 0.15) is 82.1 Å². The second-order valence-corrected chi connectivity index (χ2v) is 12.3. The van der Waals surface area contributed by atoms with Crippen LogP contribution in [0.25, 0.3) is 11.0 Å². The van der Waals surface area contributed by atoms with Gasteiger partial charge in [-0.2, -0.15) is 0 Å². The summed E-state index contributed by atoms with van der Waals surface area (Å²) >= 11 is 3.44. The molecule has 1 aromatic carbocycles. The molecule has 2 nitrogen and oxygen atoms in total. The van der Waals surface area contributed by atoms with E-state index in [0.717, 1.165) is 12.8 Å². The Labute approximate surface area is 168 Å². The van der Waals surface area contributed by atoms with Crippen molar-refractivity contribution >= 4 is 26.6 Å². The van der Waals surface area contributed by atoms with Gasteiger partial charge in [-0.3, -0.25) is 0 Å². The van der Waals surface area contributed by atoms with Gasteiger partial charge in [0.05, 0.1) is 0 Å². The van der Waals surface area contributed by atoms with E-state index in [9.17, 15) is 0 Å². The van der Waals surface area contributed by atoms with Crippen LogP contribution in [0.4, 0.5) is 0 Å². The van der Waals surface area contributed by atoms with Crippen molar-refractivity contribution < 1.29 is 0 Å². The number of para-hydroxylation sites is 2. The molecular weight excluding hydrogens is 383 g/mol. The summed E-state index contributed by atoms with van der Waals surface area (Å²) in [6.07, 6.45) is 2.24. The van der Waals surface area contributed by atoms with E-state index < -0.39 is 0 Å². The Bertz CT molecular complexity index is 768. The van der Waals surface area contributed by atoms with Crippen LogP contribution in [0.15, 0.2) is 24.3 Å². The number of imidazole rings is 1. The number of nitrogens with zero attached hydrogens (tertiary/aromatic N) is 2. The zero-order chi connectivity index (χ0) is 20.1. The molecule has 0 N–H and O–H groups in total. The van der Waals surface area contributed by atoms with E-state index in [1.807, 2.05) is 0 Å². The first-order valence-electron chi connectivity index (χ1n) is 9.79. The van der Waals surface area contributed by atoms with E-state index in [2.05, 4.69) is 118 Å². The molecule has 1 heterocycles. The zero-order valence-electron chi connectivity index (χ0n) is 18.5. The molecule has 0 amide bonds. The predicted molar refractivity (Wildman–Crippen MR) is 116 cm³/mol. The van der Waals surface area contributed by atoms with Crippen LogP contribution >= 0.6 is 0 Å². The molecule has 2 rings (SSSR count). The van der Waals surface area contributed by atoms with Gasteiger partial charge in [-0.25, -0.2) is 0 Å². The first kappa shape index (κ1) is 21.5. The van der Waals surface area contributed by atoms with Crippen LogP contribution in [0.3, 0.4) is 0 Å². The van der Waals surface area contributed by atoms with E-state index in [4.69, 9.17) is 0 Å². The molecule has 0 saturated heterocycles. The molecule has 0 aliphatic rings. The average Bonchev–Trinajstić information content (AvgIpc) is 2.65. The van der Waals surface area contributed by atoms with Gasteiger partial charge in [-0.05, 0) is 0 Å². The molecule has 1 aromatic heterocycles. The number of aromatic nitrogens is 2.